The van der Waals surface area contributed by atoms with Crippen molar-refractivity contribution in [3.63, 3.8) is 0 Å². The summed E-state index contributed by atoms with van der Waals surface area (Å²) >= 11 is 0. The second kappa shape index (κ2) is 7.53. The van der Waals surface area contributed by atoms with Gasteiger partial charge in [0.1, 0.15) is 0 Å². The van der Waals surface area contributed by atoms with Crippen molar-refractivity contribution in [3.8, 4) is 0 Å². The Morgan fingerprint density at radius 2 is 1.91 bits per heavy atom. The molecule has 1 aliphatic heterocycles. The van der Waals surface area contributed by atoms with Gasteiger partial charge in [0.15, 0.2) is 0 Å². The fourth-order valence-corrected chi connectivity index (χ4v) is 2.12. The molecule has 2 rings (SSSR count). The van der Waals surface area contributed by atoms with E-state index in [4.69, 9.17) is 0 Å². The summed E-state index contributed by atoms with van der Waals surface area (Å²) in [4.78, 5) is 35.4. The molecule has 0 unspecified atom stereocenters. The maximum absolute atomic E-state index is 11.8. The van der Waals surface area contributed by atoms with Gasteiger partial charge in [0.2, 0.25) is 17.8 Å². The number of hydrogen-bond donors (Lipinski definition) is 1. The molecule has 0 aromatic carbocycles. The number of nitrogens with zero attached hydrogens (tertiary/aromatic N) is 4. The van der Waals surface area contributed by atoms with E-state index >= 15 is 0 Å². The van der Waals surface area contributed by atoms with Gasteiger partial charge < -0.3 is 15.1 Å². The van der Waals surface area contributed by atoms with Gasteiger partial charge >= 0.3 is 0 Å². The molecule has 7 nitrogen and oxygen atoms in total. The minimum Gasteiger partial charge on any atom is -0.347 e. The first-order chi connectivity index (χ1) is 10.6. The molecular weight excluding hydrogens is 282 g/mol. The number of aromatic nitrogens is 2. The van der Waals surface area contributed by atoms with Crippen LogP contribution in [0.5, 0.6) is 0 Å². The van der Waals surface area contributed by atoms with Crippen molar-refractivity contribution in [3.05, 3.63) is 24.0 Å². The summed E-state index contributed by atoms with van der Waals surface area (Å²) in [5.41, 5.74) is 0.728. The fourth-order valence-electron chi connectivity index (χ4n) is 2.12. The largest absolute Gasteiger partial charge is 0.347 e. The molecule has 2 amide bonds. The number of likely N-dealkylation sites (tertiary alicyclic amines) is 1. The highest BCUT2D eigenvalue weighted by Gasteiger charge is 2.17. The predicted octanol–water partition coefficient (Wildman–Crippen LogP) is 0.294. The van der Waals surface area contributed by atoms with Crippen molar-refractivity contribution in [2.45, 2.75) is 12.8 Å². The van der Waals surface area contributed by atoms with Crippen LogP contribution in [-0.4, -0.2) is 60.4 Å². The van der Waals surface area contributed by atoms with Crippen LogP contribution in [0.15, 0.2) is 18.5 Å². The molecule has 0 aliphatic carbocycles. The third-order valence-corrected chi connectivity index (χ3v) is 3.36. The zero-order valence-corrected chi connectivity index (χ0v) is 13.0. The van der Waals surface area contributed by atoms with Crippen molar-refractivity contribution < 1.29 is 9.59 Å². The summed E-state index contributed by atoms with van der Waals surface area (Å²) in [5.74, 6) is 0.278. The Morgan fingerprint density at radius 1 is 1.27 bits per heavy atom. The molecule has 2 heterocycles. The summed E-state index contributed by atoms with van der Waals surface area (Å²) < 4.78 is 0. The van der Waals surface area contributed by atoms with Crippen molar-refractivity contribution >= 4 is 23.8 Å². The highest BCUT2D eigenvalue weighted by molar-refractivity contribution is 5.94. The predicted molar refractivity (Wildman–Crippen MR) is 84.2 cm³/mol. The zero-order valence-electron chi connectivity index (χ0n) is 13.0. The van der Waals surface area contributed by atoms with Gasteiger partial charge in [-0.15, -0.1) is 0 Å². The van der Waals surface area contributed by atoms with Gasteiger partial charge in [-0.2, -0.15) is 0 Å². The minimum atomic E-state index is -0.302. The number of nitrogens with one attached hydrogen (secondary N) is 1. The van der Waals surface area contributed by atoms with Crippen molar-refractivity contribution in [2.75, 3.05) is 38.6 Å². The maximum atomic E-state index is 11.8. The molecule has 0 atom stereocenters. The average Bonchev–Trinajstić information content (AvgIpc) is 3.05. The molecule has 1 fully saturated rings. The molecule has 0 radical (unpaired) electrons. The van der Waals surface area contributed by atoms with Crippen molar-refractivity contribution in [1.82, 2.24) is 20.2 Å². The third kappa shape index (κ3) is 4.54. The Labute approximate surface area is 130 Å². The lowest BCUT2D eigenvalue weighted by atomic mass is 10.3. The molecule has 0 saturated carbocycles. The van der Waals surface area contributed by atoms with Crippen LogP contribution in [0.1, 0.15) is 18.4 Å². The van der Waals surface area contributed by atoms with Crippen LogP contribution in [0.4, 0.5) is 5.95 Å². The summed E-state index contributed by atoms with van der Waals surface area (Å²) in [5, 5.41) is 2.59. The van der Waals surface area contributed by atoms with Crippen LogP contribution in [-0.2, 0) is 9.59 Å². The van der Waals surface area contributed by atoms with E-state index in [-0.39, 0.29) is 18.4 Å². The first-order valence-corrected chi connectivity index (χ1v) is 7.29. The van der Waals surface area contributed by atoms with Crippen LogP contribution in [0, 0.1) is 0 Å². The molecule has 22 heavy (non-hydrogen) atoms. The lowest BCUT2D eigenvalue weighted by Gasteiger charge is -2.14. The van der Waals surface area contributed by atoms with Crippen LogP contribution in [0.3, 0.4) is 0 Å². The average molecular weight is 303 g/mol. The van der Waals surface area contributed by atoms with Crippen LogP contribution >= 0.6 is 0 Å². The van der Waals surface area contributed by atoms with Gasteiger partial charge in [-0.05, 0) is 18.9 Å². The summed E-state index contributed by atoms with van der Waals surface area (Å²) in [7, 11) is 3.71. The monoisotopic (exact) mass is 303 g/mol. The molecule has 118 valence electrons. The molecule has 1 aliphatic rings. The van der Waals surface area contributed by atoms with Crippen molar-refractivity contribution in [1.29, 1.82) is 0 Å². The lowest BCUT2D eigenvalue weighted by molar-refractivity contribution is -0.131. The van der Waals surface area contributed by atoms with E-state index in [1.165, 1.54) is 6.08 Å². The van der Waals surface area contributed by atoms with Gasteiger partial charge in [0, 0.05) is 51.2 Å². The lowest BCUT2D eigenvalue weighted by Crippen LogP contribution is -2.38. The Bertz CT molecular complexity index is 548. The number of anilines is 1. The smallest absolute Gasteiger partial charge is 0.244 e. The van der Waals surface area contributed by atoms with E-state index in [9.17, 15) is 9.59 Å². The summed E-state index contributed by atoms with van der Waals surface area (Å²) in [6.07, 6.45) is 8.37. The zero-order chi connectivity index (χ0) is 15.9. The molecular formula is C15H21N5O2. The quantitative estimate of drug-likeness (QED) is 0.791. The first kappa shape index (κ1) is 15.9. The topological polar surface area (TPSA) is 78.4 Å². The highest BCUT2D eigenvalue weighted by Crippen LogP contribution is 2.07. The van der Waals surface area contributed by atoms with Crippen LogP contribution in [0.25, 0.3) is 6.08 Å². The molecule has 0 bridgehead atoms. The number of rotatable bonds is 5. The number of amides is 2. The molecule has 1 aromatic heterocycles. The first-order valence-electron chi connectivity index (χ1n) is 7.29. The normalized spacial score (nSPS) is 14.4. The number of hydrogen-bond acceptors (Lipinski definition) is 5. The Hall–Kier alpha value is -2.44. The molecule has 1 saturated heterocycles. The number of carbonyl (C=O) groups excluding carboxylic acids is 2. The van der Waals surface area contributed by atoms with E-state index in [2.05, 4.69) is 15.3 Å². The Morgan fingerprint density at radius 3 is 2.50 bits per heavy atom. The van der Waals surface area contributed by atoms with Gasteiger partial charge in [0.05, 0.1) is 6.54 Å². The Kier molecular flexibility index (Phi) is 5.46. The van der Waals surface area contributed by atoms with E-state index in [0.29, 0.717) is 5.95 Å². The number of carbonyl (C=O) groups is 2. The SMILES string of the molecule is CN(C)c1ncc(/C=C/C(=O)NCC(=O)N2CCCC2)cn1. The van der Waals surface area contributed by atoms with E-state index in [1.54, 1.807) is 28.3 Å². The maximum Gasteiger partial charge on any atom is 0.244 e. The second-order valence-electron chi connectivity index (χ2n) is 5.35. The van der Waals surface area contributed by atoms with E-state index in [1.807, 2.05) is 14.1 Å². The van der Waals surface area contributed by atoms with Crippen LogP contribution in [0.2, 0.25) is 0 Å². The van der Waals surface area contributed by atoms with E-state index < -0.39 is 0 Å². The fraction of sp³-hybridized carbons (Fsp3) is 0.467. The van der Waals surface area contributed by atoms with Crippen molar-refractivity contribution in [2.24, 2.45) is 0 Å². The summed E-state index contributed by atoms with van der Waals surface area (Å²) in [6, 6.07) is 0. The van der Waals surface area contributed by atoms with Gasteiger partial charge in [0.25, 0.3) is 0 Å². The minimum absolute atomic E-state index is 0.0297. The van der Waals surface area contributed by atoms with Crippen LogP contribution < -0.4 is 10.2 Å². The van der Waals surface area contributed by atoms with Gasteiger partial charge in [-0.25, -0.2) is 9.97 Å². The summed E-state index contributed by atoms with van der Waals surface area (Å²) in [6.45, 7) is 1.62. The molecule has 7 heteroatoms. The standard InChI is InChI=1S/C15H21N5O2/c1-19(2)15-17-9-12(10-18-15)5-6-13(21)16-11-14(22)20-7-3-4-8-20/h5-6,9-10H,3-4,7-8,11H2,1-2H3,(H,16,21)/b6-5+. The van der Waals surface area contributed by atoms with Gasteiger partial charge in [-0.3, -0.25) is 9.59 Å². The highest BCUT2D eigenvalue weighted by atomic mass is 16.2. The molecule has 1 aromatic rings. The molecule has 1 N–H and O–H groups in total. The second-order valence-corrected chi connectivity index (χ2v) is 5.35. The van der Waals surface area contributed by atoms with Gasteiger partial charge in [-0.1, -0.05) is 0 Å². The molecule has 0 spiro atoms. The Balaban J connectivity index is 1.79. The van der Waals surface area contributed by atoms with E-state index in [0.717, 1.165) is 31.5 Å². The third-order valence-electron chi connectivity index (χ3n) is 3.36.